The van der Waals surface area contributed by atoms with E-state index in [2.05, 4.69) is 0 Å². The van der Waals surface area contributed by atoms with Gasteiger partial charge in [0.05, 0.1) is 31.5 Å². The van der Waals surface area contributed by atoms with Crippen molar-refractivity contribution >= 4 is 24.0 Å². The van der Waals surface area contributed by atoms with Crippen LogP contribution in [0.1, 0.15) is 25.8 Å². The molecule has 5 N–H and O–H groups in total. The third-order valence-corrected chi connectivity index (χ3v) is 7.62. The Morgan fingerprint density at radius 1 is 1.07 bits per heavy atom. The Balaban J connectivity index is 1.61. The number of methoxy groups -OCH3 is 1. The molecule has 1 aliphatic carbocycles. The highest BCUT2D eigenvalue weighted by molar-refractivity contribution is 5.89. The SMILES string of the molecule is COc1ccc(/C=C\C(=O)O[C@@H]2C[C@](C)(OC(C)=O)[C@H]3[C@H](O[C@@H]4O[C@H](CO)[C@@H](O)[C@H](O)[C@H]4O)OC=C(C(=O)O)[C@H]32)cc1. The first kappa shape index (κ1) is 31.4. The largest absolute Gasteiger partial charge is 0.497 e. The summed E-state index contributed by atoms with van der Waals surface area (Å²) in [6.07, 6.45) is -7.20. The summed E-state index contributed by atoms with van der Waals surface area (Å²) in [6.45, 7) is 1.95. The highest BCUT2D eigenvalue weighted by Gasteiger charge is 2.63. The van der Waals surface area contributed by atoms with Crippen molar-refractivity contribution in [2.75, 3.05) is 13.7 Å². The van der Waals surface area contributed by atoms with Crippen LogP contribution in [0.15, 0.2) is 42.2 Å². The average Bonchev–Trinajstić information content (AvgIpc) is 3.23. The van der Waals surface area contributed by atoms with Gasteiger partial charge in [-0.2, -0.15) is 0 Å². The molecule has 1 saturated carbocycles. The van der Waals surface area contributed by atoms with Gasteiger partial charge in [0.25, 0.3) is 0 Å². The summed E-state index contributed by atoms with van der Waals surface area (Å²) in [5, 5.41) is 50.2. The summed E-state index contributed by atoms with van der Waals surface area (Å²) >= 11 is 0. The monoisotopic (exact) mass is 594 g/mol. The highest BCUT2D eigenvalue weighted by atomic mass is 16.8. The molecule has 1 aromatic carbocycles. The molecule has 10 atom stereocenters. The van der Waals surface area contributed by atoms with Gasteiger partial charge in [-0.3, -0.25) is 4.79 Å². The number of carboxylic acids is 1. The molecule has 2 fully saturated rings. The standard InChI is InChI=1S/C28H34O14/c1-13(30)42-28(2)10-17(39-19(31)9-6-14-4-7-15(37-3)8-5-14)20-16(25(35)36)12-38-26(21(20)28)41-27-24(34)23(33)22(32)18(11-29)40-27/h4-9,12,17-18,20-24,26-27,29,32-34H,10-11H2,1-3H3,(H,35,36)/b9-6-/t17-,18-,20+,21-,22-,23+,24-,26+,27+,28+/m1/s1. The van der Waals surface area contributed by atoms with E-state index in [9.17, 15) is 39.9 Å². The summed E-state index contributed by atoms with van der Waals surface area (Å²) in [4.78, 5) is 37.2. The first-order valence-electron chi connectivity index (χ1n) is 13.2. The van der Waals surface area contributed by atoms with Gasteiger partial charge < -0.3 is 54.0 Å². The molecule has 230 valence electrons. The van der Waals surface area contributed by atoms with Gasteiger partial charge in [-0.1, -0.05) is 12.1 Å². The number of benzene rings is 1. The summed E-state index contributed by atoms with van der Waals surface area (Å²) in [6, 6.07) is 6.85. The lowest BCUT2D eigenvalue weighted by Gasteiger charge is -2.44. The van der Waals surface area contributed by atoms with Gasteiger partial charge >= 0.3 is 17.9 Å². The molecule has 14 heteroatoms. The Labute approximate surface area is 240 Å². The van der Waals surface area contributed by atoms with Crippen molar-refractivity contribution in [3.8, 4) is 5.75 Å². The number of ether oxygens (including phenoxy) is 6. The number of esters is 2. The molecular weight excluding hydrogens is 560 g/mol. The number of rotatable bonds is 9. The number of carbonyl (C=O) groups excluding carboxylic acids is 2. The molecule has 0 amide bonds. The number of aliphatic hydroxyl groups is 4. The topological polar surface area (TPSA) is 208 Å². The van der Waals surface area contributed by atoms with Crippen LogP contribution in [0.5, 0.6) is 5.75 Å². The zero-order chi connectivity index (χ0) is 30.8. The third kappa shape index (κ3) is 6.43. The summed E-state index contributed by atoms with van der Waals surface area (Å²) in [5.74, 6) is -4.45. The summed E-state index contributed by atoms with van der Waals surface area (Å²) < 4.78 is 33.2. The Hall–Kier alpha value is -3.53. The molecule has 2 heterocycles. The van der Waals surface area contributed by atoms with Crippen LogP contribution in [0.2, 0.25) is 0 Å². The van der Waals surface area contributed by atoms with E-state index in [4.69, 9.17) is 28.4 Å². The number of fused-ring (bicyclic) bond motifs is 1. The van der Waals surface area contributed by atoms with Gasteiger partial charge in [0.2, 0.25) is 6.29 Å². The van der Waals surface area contributed by atoms with Crippen LogP contribution in [0, 0.1) is 11.8 Å². The molecule has 42 heavy (non-hydrogen) atoms. The summed E-state index contributed by atoms with van der Waals surface area (Å²) in [5.41, 5.74) is -1.09. The second-order valence-corrected chi connectivity index (χ2v) is 10.5. The van der Waals surface area contributed by atoms with Crippen molar-refractivity contribution in [2.45, 2.75) is 69.0 Å². The van der Waals surface area contributed by atoms with E-state index in [1.165, 1.54) is 26.2 Å². The van der Waals surface area contributed by atoms with Crippen molar-refractivity contribution in [1.82, 2.24) is 0 Å². The average molecular weight is 595 g/mol. The Morgan fingerprint density at radius 3 is 2.36 bits per heavy atom. The first-order valence-corrected chi connectivity index (χ1v) is 13.2. The third-order valence-electron chi connectivity index (χ3n) is 7.62. The van der Waals surface area contributed by atoms with E-state index >= 15 is 0 Å². The lowest BCUT2D eigenvalue weighted by molar-refractivity contribution is -0.346. The molecule has 0 unspecified atom stereocenters. The number of hydrogen-bond acceptors (Lipinski definition) is 13. The van der Waals surface area contributed by atoms with E-state index < -0.39 is 85.1 Å². The fraction of sp³-hybridized carbons (Fsp3) is 0.536. The number of carboxylic acid groups (broad SMARTS) is 1. The van der Waals surface area contributed by atoms with E-state index in [0.717, 1.165) is 13.2 Å². The molecule has 1 saturated heterocycles. The van der Waals surface area contributed by atoms with Gasteiger partial charge in [0, 0.05) is 25.3 Å². The van der Waals surface area contributed by atoms with Crippen LogP contribution in [-0.4, -0.2) is 106 Å². The molecular formula is C28H34O14. The van der Waals surface area contributed by atoms with Crippen molar-refractivity contribution in [2.24, 2.45) is 11.8 Å². The Kier molecular flexibility index (Phi) is 9.55. The number of hydrogen-bond donors (Lipinski definition) is 5. The second-order valence-electron chi connectivity index (χ2n) is 10.5. The maximum atomic E-state index is 12.9. The molecule has 4 rings (SSSR count). The van der Waals surface area contributed by atoms with E-state index in [-0.39, 0.29) is 12.0 Å². The number of carbonyl (C=O) groups is 3. The van der Waals surface area contributed by atoms with Crippen LogP contribution in [0.4, 0.5) is 0 Å². The van der Waals surface area contributed by atoms with Crippen LogP contribution < -0.4 is 4.74 Å². The van der Waals surface area contributed by atoms with Crippen LogP contribution in [-0.2, 0) is 38.1 Å². The fourth-order valence-electron chi connectivity index (χ4n) is 5.67. The van der Waals surface area contributed by atoms with Gasteiger partial charge in [-0.05, 0) is 30.7 Å². The van der Waals surface area contributed by atoms with Crippen molar-refractivity contribution in [1.29, 1.82) is 0 Å². The second kappa shape index (κ2) is 12.8. The molecule has 3 aliphatic rings. The quantitative estimate of drug-likeness (QED) is 0.184. The number of aliphatic hydroxyl groups excluding tert-OH is 4. The minimum absolute atomic E-state index is 0.132. The maximum absolute atomic E-state index is 12.9. The zero-order valence-electron chi connectivity index (χ0n) is 23.1. The fourth-order valence-corrected chi connectivity index (χ4v) is 5.67. The lowest BCUT2D eigenvalue weighted by Crippen LogP contribution is -2.61. The maximum Gasteiger partial charge on any atom is 0.335 e. The normalized spacial score (nSPS) is 36.0. The lowest BCUT2D eigenvalue weighted by atomic mass is 9.80. The highest BCUT2D eigenvalue weighted by Crippen LogP contribution is 2.52. The predicted octanol–water partition coefficient (Wildman–Crippen LogP) is -0.281. The predicted molar refractivity (Wildman–Crippen MR) is 139 cm³/mol. The van der Waals surface area contributed by atoms with Crippen LogP contribution in [0.3, 0.4) is 0 Å². The van der Waals surface area contributed by atoms with Crippen LogP contribution >= 0.6 is 0 Å². The van der Waals surface area contributed by atoms with Gasteiger partial charge in [-0.25, -0.2) is 9.59 Å². The molecule has 1 aromatic rings. The Morgan fingerprint density at radius 2 is 1.76 bits per heavy atom. The Bertz CT molecular complexity index is 1210. The van der Waals surface area contributed by atoms with Gasteiger partial charge in [0.15, 0.2) is 6.29 Å². The van der Waals surface area contributed by atoms with Crippen molar-refractivity contribution < 1.29 is 68.3 Å². The molecule has 2 aliphatic heterocycles. The van der Waals surface area contributed by atoms with Crippen LogP contribution in [0.25, 0.3) is 6.08 Å². The van der Waals surface area contributed by atoms with E-state index in [0.29, 0.717) is 11.3 Å². The van der Waals surface area contributed by atoms with E-state index in [1.54, 1.807) is 24.3 Å². The van der Waals surface area contributed by atoms with E-state index in [1.807, 2.05) is 0 Å². The summed E-state index contributed by atoms with van der Waals surface area (Å²) in [7, 11) is 1.52. The number of aliphatic carboxylic acids is 1. The molecule has 0 spiro atoms. The molecule has 0 aromatic heterocycles. The molecule has 0 bridgehead atoms. The van der Waals surface area contributed by atoms with Gasteiger partial charge in [-0.15, -0.1) is 0 Å². The minimum Gasteiger partial charge on any atom is -0.497 e. The minimum atomic E-state index is -1.78. The van der Waals surface area contributed by atoms with Gasteiger partial charge in [0.1, 0.15) is 41.9 Å². The van der Waals surface area contributed by atoms with Crippen molar-refractivity contribution in [3.05, 3.63) is 47.7 Å². The zero-order valence-corrected chi connectivity index (χ0v) is 23.1. The molecule has 14 nitrogen and oxygen atoms in total. The smallest absolute Gasteiger partial charge is 0.335 e. The first-order chi connectivity index (χ1) is 19.9. The van der Waals surface area contributed by atoms with Crippen molar-refractivity contribution in [3.63, 3.8) is 0 Å². The molecule has 0 radical (unpaired) electrons.